The molecule has 0 aliphatic carbocycles. The Morgan fingerprint density at radius 1 is 1.05 bits per heavy atom. The van der Waals surface area contributed by atoms with Gasteiger partial charge in [-0.3, -0.25) is 14.6 Å². The van der Waals surface area contributed by atoms with Crippen molar-refractivity contribution in [2.24, 2.45) is 0 Å². The number of benzene rings is 2. The number of anilines is 2. The van der Waals surface area contributed by atoms with Gasteiger partial charge in [0, 0.05) is 18.4 Å². The molecule has 1 aliphatic heterocycles. The Bertz CT molecular complexity index is 1520. The topological polar surface area (TPSA) is 117 Å². The number of carbonyl (C=O) groups excluding carboxylic acids is 3. The van der Waals surface area contributed by atoms with Crippen LogP contribution in [0, 0.1) is 6.92 Å². The Morgan fingerprint density at radius 3 is 2.34 bits per heavy atom. The maximum Gasteiger partial charge on any atom is 0.501 e. The average molecular weight is 547 g/mol. The number of aryl methyl sites for hydroxylation is 1. The van der Waals surface area contributed by atoms with Crippen LogP contribution in [0.25, 0.3) is 0 Å². The zero-order valence-electron chi connectivity index (χ0n) is 20.1. The van der Waals surface area contributed by atoms with Gasteiger partial charge < -0.3 is 10.2 Å². The quantitative estimate of drug-likeness (QED) is 0.461. The van der Waals surface area contributed by atoms with Crippen LogP contribution in [0.2, 0.25) is 0 Å². The van der Waals surface area contributed by atoms with E-state index in [1.807, 2.05) is 19.1 Å². The lowest BCUT2D eigenvalue weighted by Crippen LogP contribution is -2.33. The van der Waals surface area contributed by atoms with E-state index in [1.54, 1.807) is 18.2 Å². The van der Waals surface area contributed by atoms with Crippen LogP contribution in [0.5, 0.6) is 0 Å². The van der Waals surface area contributed by atoms with Crippen LogP contribution in [-0.4, -0.2) is 47.7 Å². The second-order valence-corrected chi connectivity index (χ2v) is 10.5. The summed E-state index contributed by atoms with van der Waals surface area (Å²) in [5, 5.41) is 2.77. The Balaban J connectivity index is 1.52. The molecule has 3 aromatic rings. The van der Waals surface area contributed by atoms with E-state index in [0.29, 0.717) is 23.4 Å². The van der Waals surface area contributed by atoms with E-state index >= 15 is 0 Å². The maximum absolute atomic E-state index is 13.1. The SMILES string of the molecule is Cc1ccccc1NC(=O)c1cc(CN2C(=O)N(c3ccc(S(=O)(=O)C(F)(F)F)cc3)C(=O)C2C)ccn1. The molecule has 1 saturated heterocycles. The van der Waals surface area contributed by atoms with Crippen LogP contribution in [0.1, 0.15) is 28.5 Å². The molecule has 1 unspecified atom stereocenters. The van der Waals surface area contributed by atoms with Crippen LogP contribution in [0.15, 0.2) is 71.8 Å². The van der Waals surface area contributed by atoms with Gasteiger partial charge >= 0.3 is 11.5 Å². The zero-order chi connectivity index (χ0) is 27.8. The van der Waals surface area contributed by atoms with Gasteiger partial charge in [-0.05, 0) is 67.4 Å². The number of imide groups is 1. The van der Waals surface area contributed by atoms with E-state index in [9.17, 15) is 36.0 Å². The van der Waals surface area contributed by atoms with Crippen LogP contribution in [-0.2, 0) is 21.2 Å². The number of alkyl halides is 3. The number of pyridine rings is 1. The smallest absolute Gasteiger partial charge is 0.320 e. The minimum atomic E-state index is -5.58. The minimum absolute atomic E-state index is 0.0596. The summed E-state index contributed by atoms with van der Waals surface area (Å²) in [6.07, 6.45) is 1.40. The molecule has 0 bridgehead atoms. The van der Waals surface area contributed by atoms with E-state index < -0.39 is 44.1 Å². The van der Waals surface area contributed by atoms with Crippen molar-refractivity contribution in [1.29, 1.82) is 0 Å². The summed E-state index contributed by atoms with van der Waals surface area (Å²) in [6, 6.07) is 11.9. The third kappa shape index (κ3) is 4.96. The number of para-hydroxylation sites is 1. The van der Waals surface area contributed by atoms with Gasteiger partial charge in [0.2, 0.25) is 0 Å². The summed E-state index contributed by atoms with van der Waals surface area (Å²) in [5.41, 5.74) is -3.49. The molecule has 4 amide bonds. The standard InChI is InChI=1S/C25H21F3N4O5S/c1-15-5-3-4-6-20(15)30-22(33)21-13-17(11-12-29-21)14-31-16(2)23(34)32(24(31)35)18-7-9-19(10-8-18)38(36,37)25(26,27)28/h3-13,16H,14H2,1-2H3,(H,30,33). The summed E-state index contributed by atoms with van der Waals surface area (Å²) >= 11 is 0. The van der Waals surface area contributed by atoms with Crippen molar-refractivity contribution in [2.45, 2.75) is 36.8 Å². The first-order valence-corrected chi connectivity index (χ1v) is 12.7. The molecule has 9 nitrogen and oxygen atoms in total. The van der Waals surface area contributed by atoms with Gasteiger partial charge in [0.15, 0.2) is 0 Å². The minimum Gasteiger partial charge on any atom is -0.320 e. The highest BCUT2D eigenvalue weighted by Gasteiger charge is 2.47. The van der Waals surface area contributed by atoms with Crippen molar-refractivity contribution < 1.29 is 36.0 Å². The average Bonchev–Trinajstić information content (AvgIpc) is 3.08. The van der Waals surface area contributed by atoms with Crippen molar-refractivity contribution in [3.05, 3.63) is 83.7 Å². The summed E-state index contributed by atoms with van der Waals surface area (Å²) < 4.78 is 61.7. The fourth-order valence-electron chi connectivity index (χ4n) is 3.85. The molecule has 2 aromatic carbocycles. The molecule has 38 heavy (non-hydrogen) atoms. The van der Waals surface area contributed by atoms with E-state index in [-0.39, 0.29) is 17.9 Å². The monoisotopic (exact) mass is 546 g/mol. The van der Waals surface area contributed by atoms with Crippen LogP contribution in [0.4, 0.5) is 29.3 Å². The number of carbonyl (C=O) groups is 3. The van der Waals surface area contributed by atoms with Gasteiger partial charge in [-0.2, -0.15) is 13.2 Å². The number of sulfone groups is 1. The molecule has 1 fully saturated rings. The third-order valence-corrected chi connectivity index (χ3v) is 7.50. The second kappa shape index (κ2) is 9.89. The number of halogens is 3. The lowest BCUT2D eigenvalue weighted by atomic mass is 10.1. The molecule has 1 aliphatic rings. The molecule has 1 aromatic heterocycles. The summed E-state index contributed by atoms with van der Waals surface area (Å²) in [7, 11) is -5.58. The molecule has 1 atom stereocenters. The molecule has 1 N–H and O–H groups in total. The summed E-state index contributed by atoms with van der Waals surface area (Å²) in [5.74, 6) is -1.11. The fourth-order valence-corrected chi connectivity index (χ4v) is 4.61. The molecule has 4 rings (SSSR count). The largest absolute Gasteiger partial charge is 0.501 e. The van der Waals surface area contributed by atoms with Crippen molar-refractivity contribution in [2.75, 3.05) is 10.2 Å². The van der Waals surface area contributed by atoms with E-state index in [1.165, 1.54) is 24.1 Å². The Hall–Kier alpha value is -4.26. The first kappa shape index (κ1) is 26.8. The molecular formula is C25H21F3N4O5S. The van der Waals surface area contributed by atoms with Gasteiger partial charge in [-0.25, -0.2) is 18.1 Å². The molecule has 0 radical (unpaired) electrons. The maximum atomic E-state index is 13.1. The van der Waals surface area contributed by atoms with E-state index in [4.69, 9.17) is 0 Å². The van der Waals surface area contributed by atoms with Crippen molar-refractivity contribution >= 4 is 39.1 Å². The summed E-state index contributed by atoms with van der Waals surface area (Å²) in [6.45, 7) is 3.26. The number of rotatable bonds is 6. The van der Waals surface area contributed by atoms with Crippen molar-refractivity contribution in [1.82, 2.24) is 9.88 Å². The number of amides is 4. The first-order chi connectivity index (χ1) is 17.8. The first-order valence-electron chi connectivity index (χ1n) is 11.2. The number of aromatic nitrogens is 1. The van der Waals surface area contributed by atoms with Crippen LogP contribution in [0.3, 0.4) is 0 Å². The second-order valence-electron chi connectivity index (χ2n) is 8.52. The van der Waals surface area contributed by atoms with Crippen molar-refractivity contribution in [3.8, 4) is 0 Å². The molecule has 2 heterocycles. The van der Waals surface area contributed by atoms with Gasteiger partial charge in [0.25, 0.3) is 21.7 Å². The van der Waals surface area contributed by atoms with Crippen molar-refractivity contribution in [3.63, 3.8) is 0 Å². The predicted octanol–water partition coefficient (Wildman–Crippen LogP) is 4.29. The molecule has 0 spiro atoms. The molecule has 0 saturated carbocycles. The molecule has 198 valence electrons. The predicted molar refractivity (Wildman–Crippen MR) is 131 cm³/mol. The van der Waals surface area contributed by atoms with Gasteiger partial charge in [0.1, 0.15) is 11.7 Å². The number of hydrogen-bond acceptors (Lipinski definition) is 6. The summed E-state index contributed by atoms with van der Waals surface area (Å²) in [4.78, 5) is 43.7. The Morgan fingerprint density at radius 2 is 1.71 bits per heavy atom. The number of nitrogens with one attached hydrogen (secondary N) is 1. The number of hydrogen-bond donors (Lipinski definition) is 1. The number of nitrogens with zero attached hydrogens (tertiary/aromatic N) is 3. The van der Waals surface area contributed by atoms with Crippen LogP contribution >= 0.6 is 0 Å². The molecule has 13 heteroatoms. The van der Waals surface area contributed by atoms with Gasteiger partial charge in [-0.1, -0.05) is 18.2 Å². The fraction of sp³-hybridized carbons (Fsp3) is 0.200. The highest BCUT2D eigenvalue weighted by atomic mass is 32.2. The Kier molecular flexibility index (Phi) is 6.98. The zero-order valence-corrected chi connectivity index (χ0v) is 20.9. The van der Waals surface area contributed by atoms with Crippen LogP contribution < -0.4 is 10.2 Å². The third-order valence-electron chi connectivity index (χ3n) is 6.00. The Labute approximate surface area is 215 Å². The highest BCUT2D eigenvalue weighted by Crippen LogP contribution is 2.33. The van der Waals surface area contributed by atoms with Gasteiger partial charge in [0.05, 0.1) is 10.6 Å². The highest BCUT2D eigenvalue weighted by molar-refractivity contribution is 7.92. The lowest BCUT2D eigenvalue weighted by molar-refractivity contribution is -0.119. The normalized spacial score (nSPS) is 16.2. The van der Waals surface area contributed by atoms with E-state index in [0.717, 1.165) is 22.6 Å². The number of urea groups is 1. The van der Waals surface area contributed by atoms with E-state index in [2.05, 4.69) is 10.3 Å². The molecular weight excluding hydrogens is 525 g/mol. The van der Waals surface area contributed by atoms with Gasteiger partial charge in [-0.15, -0.1) is 0 Å². The lowest BCUT2D eigenvalue weighted by Gasteiger charge is -2.20.